The molecular weight excluding hydrogens is 1810 g/mol. The van der Waals surface area contributed by atoms with E-state index in [4.69, 9.17) is 24.9 Å². The molecule has 0 radical (unpaired) electrons. The molecule has 24 aromatic carbocycles. The summed E-state index contributed by atoms with van der Waals surface area (Å²) in [6.07, 6.45) is 1.93. The van der Waals surface area contributed by atoms with E-state index in [0.717, 1.165) is 89.2 Å². The van der Waals surface area contributed by atoms with Crippen LogP contribution in [0.4, 0.5) is 0 Å². The molecule has 149 heavy (non-hydrogen) atoms. The summed E-state index contributed by atoms with van der Waals surface area (Å²) in [7, 11) is 0. The van der Waals surface area contributed by atoms with Crippen molar-refractivity contribution in [1.29, 1.82) is 0 Å². The molecule has 0 fully saturated rings. The summed E-state index contributed by atoms with van der Waals surface area (Å²) in [6, 6.07) is 160. The van der Waals surface area contributed by atoms with Crippen LogP contribution in [0.3, 0.4) is 0 Å². The van der Waals surface area contributed by atoms with Crippen molar-refractivity contribution in [3.05, 3.63) is 476 Å². The Morgan fingerprint density at radius 2 is 0.490 bits per heavy atom. The molecule has 3 aliphatic rings. The van der Waals surface area contributed by atoms with Crippen molar-refractivity contribution >= 4 is 223 Å². The molecule has 7 heterocycles. The minimum Gasteiger partial charge on any atom is -0.294 e. The van der Waals surface area contributed by atoms with E-state index in [-0.39, 0.29) is 16.2 Å². The molecule has 0 saturated heterocycles. The van der Waals surface area contributed by atoms with E-state index in [1.165, 1.54) is 229 Å². The molecule has 3 aliphatic carbocycles. The number of benzene rings is 24. The van der Waals surface area contributed by atoms with Crippen LogP contribution in [0.25, 0.3) is 285 Å². The Morgan fingerprint density at radius 3 is 0.940 bits per heavy atom. The molecule has 34 rings (SSSR count). The second kappa shape index (κ2) is 30.6. The maximum absolute atomic E-state index is 5.52. The van der Waals surface area contributed by atoms with Crippen molar-refractivity contribution < 1.29 is 0 Å². The molecule has 0 aliphatic heterocycles. The van der Waals surface area contributed by atoms with Crippen LogP contribution in [-0.4, -0.2) is 43.0 Å². The zero-order valence-electron chi connectivity index (χ0n) is 82.7. The zero-order valence-corrected chi connectivity index (χ0v) is 82.7. The molecule has 696 valence electrons. The van der Waals surface area contributed by atoms with Gasteiger partial charge in [-0.05, 0) is 313 Å². The van der Waals surface area contributed by atoms with Crippen LogP contribution >= 0.6 is 0 Å². The second-order valence-electron chi connectivity index (χ2n) is 42.8. The van der Waals surface area contributed by atoms with Crippen LogP contribution in [0.15, 0.2) is 443 Å². The summed E-state index contributed by atoms with van der Waals surface area (Å²) < 4.78 is 9.48. The lowest BCUT2D eigenvalue weighted by Gasteiger charge is -2.21. The van der Waals surface area contributed by atoms with E-state index in [2.05, 4.69) is 472 Å². The minimum atomic E-state index is -0.146. The van der Waals surface area contributed by atoms with Gasteiger partial charge in [-0.25, -0.2) is 19.9 Å². The number of hydrogen-bond donors (Lipinski definition) is 0. The number of imidazole rings is 1. The average Bonchev–Trinajstić information content (AvgIpc) is 1.54. The number of fused-ring (bicyclic) bond motifs is 44. The van der Waals surface area contributed by atoms with Crippen LogP contribution in [0.5, 0.6) is 0 Å². The molecule has 0 spiro atoms. The first-order valence-corrected chi connectivity index (χ1v) is 51.8. The molecule has 9 nitrogen and oxygen atoms in total. The first-order valence-electron chi connectivity index (χ1n) is 51.8. The molecule has 9 heteroatoms. The third-order valence-electron chi connectivity index (χ3n) is 34.0. The van der Waals surface area contributed by atoms with Crippen LogP contribution in [0, 0.1) is 0 Å². The van der Waals surface area contributed by atoms with Crippen molar-refractivity contribution in [2.75, 3.05) is 0 Å². The van der Waals surface area contributed by atoms with Gasteiger partial charge in [-0.3, -0.25) is 23.1 Å². The SMILES string of the molecule is CC1(C)c2ccccc2-c2cc3c4cc5c6ccccc6c6ccccc6c5cc4n(-c4cc(-c5ccc6ccccc6c5)c5ccccc5n4)c3cc21.CC1(C)c2ccccc2-c2cc3c4cc5c6ccccc6c6ccccc6c5cc4n(-c4cnc5ccccc5n4)c3cc21.CC1(C)c2ccccc2-c2cc3c4cc5c6ccccc6c6ccccc6c5cc4n(-c4nc5ccccc5c5nc6ccccc6n45)c3cc21. The summed E-state index contributed by atoms with van der Waals surface area (Å²) >= 11 is 0. The third-order valence-corrected chi connectivity index (χ3v) is 34.0. The van der Waals surface area contributed by atoms with Crippen molar-refractivity contribution in [1.82, 2.24) is 43.0 Å². The van der Waals surface area contributed by atoms with E-state index >= 15 is 0 Å². The van der Waals surface area contributed by atoms with Gasteiger partial charge < -0.3 is 0 Å². The fourth-order valence-electron chi connectivity index (χ4n) is 26.9. The third kappa shape index (κ3) is 11.8. The van der Waals surface area contributed by atoms with Gasteiger partial charge in [-0.15, -0.1) is 0 Å². The summed E-state index contributed by atoms with van der Waals surface area (Å²) in [4.78, 5) is 26.3. The Balaban J connectivity index is 0.0000000994. The van der Waals surface area contributed by atoms with Gasteiger partial charge in [0.25, 0.3) is 0 Å². The number of nitrogens with zero attached hydrogens (tertiary/aromatic N) is 9. The maximum atomic E-state index is 5.52. The highest BCUT2D eigenvalue weighted by Crippen LogP contribution is 2.57. The molecule has 0 saturated carbocycles. The lowest BCUT2D eigenvalue weighted by Crippen LogP contribution is -2.15. The van der Waals surface area contributed by atoms with Gasteiger partial charge in [-0.1, -0.05) is 351 Å². The lowest BCUT2D eigenvalue weighted by atomic mass is 9.82. The van der Waals surface area contributed by atoms with E-state index in [0.29, 0.717) is 0 Å². The molecule has 0 atom stereocenters. The second-order valence-corrected chi connectivity index (χ2v) is 42.8. The van der Waals surface area contributed by atoms with Gasteiger partial charge in [0, 0.05) is 59.3 Å². The topological polar surface area (TPSA) is 83.6 Å². The molecule has 0 amide bonds. The molecule has 0 unspecified atom stereocenters. The van der Waals surface area contributed by atoms with Crippen molar-refractivity contribution in [3.63, 3.8) is 0 Å². The van der Waals surface area contributed by atoms with Crippen molar-refractivity contribution in [2.24, 2.45) is 0 Å². The molecule has 0 N–H and O–H groups in total. The van der Waals surface area contributed by atoms with E-state index in [1.54, 1.807) is 0 Å². The van der Waals surface area contributed by atoms with Crippen LogP contribution in [0.2, 0.25) is 0 Å². The molecule has 7 aromatic heterocycles. The fourth-order valence-corrected chi connectivity index (χ4v) is 26.9. The molecular formula is C140H91N9. The zero-order chi connectivity index (χ0) is 98.5. The summed E-state index contributed by atoms with van der Waals surface area (Å²) in [6.45, 7) is 14.2. The summed E-state index contributed by atoms with van der Waals surface area (Å²) in [5.41, 5.74) is 31.7. The standard InChI is InChI=1S/C52H34N2.C47H30N4.C41H27N3/c1-52(2)46-21-11-9-19-38(46)43-27-45-44-26-41-36-17-7-5-15-34(36)35-16-6-8-18-37(35)42(41)28-49(44)54(50(45)30-47(43)52)51-29-40(39-20-10-12-22-48(39)53-51)33-24-23-31-13-3-4-14-32(31)25-33;1-47(2)38-19-9-7-17-31(38)35-24-37-36-23-33-29-15-5-3-13-27(29)28-14-4-6-16-30(28)34(33)25-43(36)50(44(37)26-39(35)47)46-49-40-20-10-8-18-32(40)45-48-41-21-11-12-22-42(41)51(45)46;1-41(2)34-16-8-7-15-28(34)31-20-33-32-19-29-26-13-5-3-11-24(26)25-12-4-6-14-27(25)30(29)21-38(32)44(39(33)22-35(31)41)40-23-42-36-17-9-10-18-37(36)43-40/h3-30H,1-2H3;3-26H,1-2H3;3-23H,1-2H3. The molecule has 0 bridgehead atoms. The van der Waals surface area contributed by atoms with Gasteiger partial charge in [-0.2, -0.15) is 0 Å². The van der Waals surface area contributed by atoms with Gasteiger partial charge in [0.15, 0.2) is 5.82 Å². The maximum Gasteiger partial charge on any atom is 0.221 e. The fraction of sp³-hybridized carbons (Fsp3) is 0.0643. The first kappa shape index (κ1) is 83.6. The number of aromatic nitrogens is 9. The van der Waals surface area contributed by atoms with Gasteiger partial charge in [0.05, 0.1) is 72.4 Å². The highest BCUT2D eigenvalue weighted by Gasteiger charge is 2.41. The number of rotatable bonds is 4. The minimum absolute atomic E-state index is 0.104. The van der Waals surface area contributed by atoms with Crippen LogP contribution < -0.4 is 0 Å². The summed E-state index contributed by atoms with van der Waals surface area (Å²) in [5, 5.41) is 34.9. The normalized spacial score (nSPS) is 13.7. The lowest BCUT2D eigenvalue weighted by molar-refractivity contribution is 0.661. The van der Waals surface area contributed by atoms with E-state index in [9.17, 15) is 0 Å². The van der Waals surface area contributed by atoms with E-state index < -0.39 is 0 Å². The number of pyridine rings is 1. The van der Waals surface area contributed by atoms with Gasteiger partial charge >= 0.3 is 0 Å². The highest BCUT2D eigenvalue weighted by molar-refractivity contribution is 6.33. The average molecular weight is 1900 g/mol. The first-order chi connectivity index (χ1) is 73.2. The Morgan fingerprint density at radius 1 is 0.174 bits per heavy atom. The van der Waals surface area contributed by atoms with Gasteiger partial charge in [0.1, 0.15) is 11.5 Å². The Kier molecular flexibility index (Phi) is 17.2. The number of hydrogen-bond acceptors (Lipinski definition) is 5. The van der Waals surface area contributed by atoms with Crippen LogP contribution in [0.1, 0.15) is 74.9 Å². The Labute approximate surface area is 855 Å². The monoisotopic (exact) mass is 1900 g/mol. The quantitative estimate of drug-likeness (QED) is 0.164. The van der Waals surface area contributed by atoms with E-state index in [1.807, 2.05) is 30.5 Å². The predicted molar refractivity (Wildman–Crippen MR) is 625 cm³/mol. The Hall–Kier alpha value is -18.8. The molecule has 31 aromatic rings. The van der Waals surface area contributed by atoms with Gasteiger partial charge in [0.2, 0.25) is 5.95 Å². The smallest absolute Gasteiger partial charge is 0.221 e. The van der Waals surface area contributed by atoms with Crippen molar-refractivity contribution in [3.8, 4) is 62.1 Å². The van der Waals surface area contributed by atoms with Crippen LogP contribution in [-0.2, 0) is 16.2 Å². The predicted octanol–water partition coefficient (Wildman–Crippen LogP) is 36.3. The number of para-hydroxylation sites is 6. The van der Waals surface area contributed by atoms with Crippen molar-refractivity contribution in [2.45, 2.75) is 57.8 Å². The summed E-state index contributed by atoms with van der Waals surface area (Å²) in [5.74, 6) is 2.60. The Bertz CT molecular complexity index is 11500. The highest BCUT2D eigenvalue weighted by atomic mass is 15.2. The largest absolute Gasteiger partial charge is 0.294 e.